The van der Waals surface area contributed by atoms with Gasteiger partial charge in [-0.1, -0.05) is 6.07 Å². The van der Waals surface area contributed by atoms with Crippen LogP contribution in [-0.2, 0) is 0 Å². The van der Waals surface area contributed by atoms with Gasteiger partial charge in [0, 0.05) is 17.4 Å². The highest BCUT2D eigenvalue weighted by atomic mass is 16.6. The monoisotopic (exact) mass is 376 g/mol. The number of nitrogens with one attached hydrogen (secondary N) is 2. The number of aromatic nitrogens is 2. The number of carbonyl (C=O) groups is 1. The van der Waals surface area contributed by atoms with Crippen LogP contribution in [-0.4, -0.2) is 29.3 Å². The Morgan fingerprint density at radius 2 is 1.64 bits per heavy atom. The van der Waals surface area contributed by atoms with Gasteiger partial charge in [0.25, 0.3) is 5.91 Å². The second-order valence-corrected chi connectivity index (χ2v) is 6.54. The fourth-order valence-electron chi connectivity index (χ4n) is 2.80. The van der Waals surface area contributed by atoms with E-state index in [9.17, 15) is 4.79 Å². The zero-order valence-electron chi connectivity index (χ0n) is 15.7. The lowest BCUT2D eigenvalue weighted by atomic mass is 10.1. The first-order chi connectivity index (χ1) is 13.6. The molecule has 0 unspecified atom stereocenters. The minimum Gasteiger partial charge on any atom is -0.486 e. The van der Waals surface area contributed by atoms with E-state index < -0.39 is 0 Å². The quantitative estimate of drug-likeness (QED) is 0.719. The van der Waals surface area contributed by atoms with Crippen LogP contribution in [0.3, 0.4) is 0 Å². The summed E-state index contributed by atoms with van der Waals surface area (Å²) in [6.07, 6.45) is 0. The van der Waals surface area contributed by atoms with E-state index in [-0.39, 0.29) is 11.6 Å². The predicted molar refractivity (Wildman–Crippen MR) is 107 cm³/mol. The summed E-state index contributed by atoms with van der Waals surface area (Å²) in [6, 6.07) is 14.7. The summed E-state index contributed by atoms with van der Waals surface area (Å²) in [6.45, 7) is 5.13. The summed E-state index contributed by atoms with van der Waals surface area (Å²) >= 11 is 0. The molecule has 3 aromatic rings. The fourth-order valence-corrected chi connectivity index (χ4v) is 2.80. The predicted octanol–water partition coefficient (Wildman–Crippen LogP) is 3.86. The second kappa shape index (κ2) is 7.56. The van der Waals surface area contributed by atoms with Crippen LogP contribution in [0.25, 0.3) is 0 Å². The number of benzene rings is 2. The molecule has 2 heterocycles. The number of hydrogen-bond acceptors (Lipinski definition) is 6. The minimum atomic E-state index is -0.345. The van der Waals surface area contributed by atoms with Gasteiger partial charge in [-0.15, -0.1) is 10.2 Å². The Kier molecular flexibility index (Phi) is 4.80. The third-order valence-electron chi connectivity index (χ3n) is 4.48. The van der Waals surface area contributed by atoms with Crippen molar-refractivity contribution in [2.75, 3.05) is 23.8 Å². The molecule has 0 radical (unpaired) electrons. The Balaban J connectivity index is 1.43. The Hall–Kier alpha value is -3.61. The average molecular weight is 376 g/mol. The van der Waals surface area contributed by atoms with E-state index in [0.717, 1.165) is 5.69 Å². The van der Waals surface area contributed by atoms with Crippen LogP contribution in [0.2, 0.25) is 0 Å². The number of ether oxygens (including phenoxy) is 2. The molecular formula is C21H20N4O3. The molecule has 1 aromatic heterocycles. The van der Waals surface area contributed by atoms with E-state index in [2.05, 4.69) is 34.7 Å². The van der Waals surface area contributed by atoms with Crippen molar-refractivity contribution < 1.29 is 14.3 Å². The maximum atomic E-state index is 12.4. The summed E-state index contributed by atoms with van der Waals surface area (Å²) in [5, 5.41) is 14.1. The number of fused-ring (bicyclic) bond motifs is 1. The lowest BCUT2D eigenvalue weighted by Crippen LogP contribution is -2.17. The molecule has 0 bridgehead atoms. The van der Waals surface area contributed by atoms with Crippen molar-refractivity contribution in [3.05, 3.63) is 65.4 Å². The first-order valence-corrected chi connectivity index (χ1v) is 8.97. The maximum absolute atomic E-state index is 12.4. The molecule has 1 amide bonds. The van der Waals surface area contributed by atoms with Crippen molar-refractivity contribution >= 4 is 23.1 Å². The molecule has 0 saturated heterocycles. The van der Waals surface area contributed by atoms with E-state index in [1.54, 1.807) is 30.3 Å². The zero-order valence-corrected chi connectivity index (χ0v) is 15.7. The van der Waals surface area contributed by atoms with Crippen LogP contribution < -0.4 is 20.1 Å². The number of carbonyl (C=O) groups excluding carboxylic acids is 1. The van der Waals surface area contributed by atoms with Crippen LogP contribution in [0.4, 0.5) is 17.2 Å². The van der Waals surface area contributed by atoms with E-state index >= 15 is 0 Å². The van der Waals surface area contributed by atoms with Gasteiger partial charge in [0.05, 0.1) is 0 Å². The number of anilines is 3. The van der Waals surface area contributed by atoms with Gasteiger partial charge in [0.2, 0.25) is 0 Å². The lowest BCUT2D eigenvalue weighted by molar-refractivity contribution is 0.102. The molecule has 0 saturated carbocycles. The third kappa shape index (κ3) is 3.88. The minimum absolute atomic E-state index is 0.223. The smallest absolute Gasteiger partial charge is 0.276 e. The van der Waals surface area contributed by atoms with Gasteiger partial charge >= 0.3 is 0 Å². The highest BCUT2D eigenvalue weighted by Crippen LogP contribution is 2.32. The van der Waals surface area contributed by atoms with Crippen LogP contribution >= 0.6 is 0 Å². The number of nitrogens with zero attached hydrogens (tertiary/aromatic N) is 2. The van der Waals surface area contributed by atoms with Crippen molar-refractivity contribution in [3.8, 4) is 11.5 Å². The summed E-state index contributed by atoms with van der Waals surface area (Å²) in [5.74, 6) is 1.51. The van der Waals surface area contributed by atoms with Crippen LogP contribution in [0, 0.1) is 13.8 Å². The lowest BCUT2D eigenvalue weighted by Gasteiger charge is -2.18. The van der Waals surface area contributed by atoms with Crippen molar-refractivity contribution in [2.24, 2.45) is 0 Å². The van der Waals surface area contributed by atoms with Crippen molar-refractivity contribution in [2.45, 2.75) is 13.8 Å². The molecule has 4 rings (SSSR count). The van der Waals surface area contributed by atoms with Gasteiger partial charge in [-0.3, -0.25) is 4.79 Å². The van der Waals surface area contributed by atoms with Gasteiger partial charge in [0.15, 0.2) is 23.0 Å². The Labute approximate surface area is 162 Å². The summed E-state index contributed by atoms with van der Waals surface area (Å²) in [4.78, 5) is 12.4. The average Bonchev–Trinajstić information content (AvgIpc) is 2.71. The Morgan fingerprint density at radius 3 is 2.39 bits per heavy atom. The summed E-state index contributed by atoms with van der Waals surface area (Å²) in [7, 11) is 0. The van der Waals surface area contributed by atoms with E-state index in [1.807, 2.05) is 18.2 Å². The maximum Gasteiger partial charge on any atom is 0.276 e. The highest BCUT2D eigenvalue weighted by Gasteiger charge is 2.14. The molecule has 7 heteroatoms. The number of rotatable bonds is 4. The van der Waals surface area contributed by atoms with Gasteiger partial charge in [-0.25, -0.2) is 0 Å². The SMILES string of the molecule is Cc1ccc(Nc2ccc(C(=O)Nc3ccc4c(c3)OCCO4)nn2)cc1C. The second-order valence-electron chi connectivity index (χ2n) is 6.54. The molecule has 142 valence electrons. The van der Waals surface area contributed by atoms with E-state index in [0.29, 0.717) is 36.2 Å². The molecule has 0 aliphatic carbocycles. The molecule has 0 fully saturated rings. The standard InChI is InChI=1S/C21H20N4O3/c1-13-3-4-15(11-14(13)2)22-20-8-6-17(24-25-20)21(26)23-16-5-7-18-19(12-16)28-10-9-27-18/h3-8,11-12H,9-10H2,1-2H3,(H,22,25)(H,23,26). The first-order valence-electron chi connectivity index (χ1n) is 8.97. The molecule has 1 aliphatic heterocycles. The van der Waals surface area contributed by atoms with Crippen LogP contribution in [0.5, 0.6) is 11.5 Å². The van der Waals surface area contributed by atoms with Gasteiger partial charge in [0.1, 0.15) is 13.2 Å². The zero-order chi connectivity index (χ0) is 19.5. The molecule has 28 heavy (non-hydrogen) atoms. The number of amides is 1. The molecule has 0 atom stereocenters. The molecule has 7 nitrogen and oxygen atoms in total. The van der Waals surface area contributed by atoms with Crippen molar-refractivity contribution in [1.82, 2.24) is 10.2 Å². The van der Waals surface area contributed by atoms with E-state index in [4.69, 9.17) is 9.47 Å². The summed E-state index contributed by atoms with van der Waals surface area (Å²) in [5.41, 5.74) is 4.16. The third-order valence-corrected chi connectivity index (χ3v) is 4.48. The molecule has 0 spiro atoms. The number of hydrogen-bond donors (Lipinski definition) is 2. The fraction of sp³-hybridized carbons (Fsp3) is 0.190. The first kappa shape index (κ1) is 17.8. The normalized spacial score (nSPS) is 12.4. The summed E-state index contributed by atoms with van der Waals surface area (Å²) < 4.78 is 11.0. The molecular weight excluding hydrogens is 356 g/mol. The number of aryl methyl sites for hydroxylation is 2. The van der Waals surface area contributed by atoms with Gasteiger partial charge in [-0.05, 0) is 61.4 Å². The van der Waals surface area contributed by atoms with Crippen molar-refractivity contribution in [1.29, 1.82) is 0 Å². The topological polar surface area (TPSA) is 85.4 Å². The highest BCUT2D eigenvalue weighted by molar-refractivity contribution is 6.03. The van der Waals surface area contributed by atoms with Gasteiger partial charge in [-0.2, -0.15) is 0 Å². The van der Waals surface area contributed by atoms with E-state index in [1.165, 1.54) is 11.1 Å². The van der Waals surface area contributed by atoms with Crippen LogP contribution in [0.1, 0.15) is 21.6 Å². The Morgan fingerprint density at radius 1 is 0.857 bits per heavy atom. The molecule has 2 N–H and O–H groups in total. The Bertz CT molecular complexity index is 1020. The van der Waals surface area contributed by atoms with Crippen LogP contribution in [0.15, 0.2) is 48.5 Å². The van der Waals surface area contributed by atoms with Crippen molar-refractivity contribution in [3.63, 3.8) is 0 Å². The molecule has 2 aromatic carbocycles. The molecule has 1 aliphatic rings. The van der Waals surface area contributed by atoms with Gasteiger partial charge < -0.3 is 20.1 Å². The largest absolute Gasteiger partial charge is 0.486 e.